The van der Waals surface area contributed by atoms with Crippen molar-refractivity contribution in [2.24, 2.45) is 11.7 Å². The molecule has 22 heavy (non-hydrogen) atoms. The maximum atomic E-state index is 13.5. The molecule has 1 aliphatic heterocycles. The summed E-state index contributed by atoms with van der Waals surface area (Å²) in [4.78, 5) is 14.4. The van der Waals surface area contributed by atoms with Gasteiger partial charge in [0.15, 0.2) is 0 Å². The minimum absolute atomic E-state index is 0.111. The maximum absolute atomic E-state index is 13.5. The monoisotopic (exact) mass is 308 g/mol. The first-order valence-electron chi connectivity index (χ1n) is 7.72. The van der Waals surface area contributed by atoms with E-state index >= 15 is 0 Å². The number of amides is 1. The van der Waals surface area contributed by atoms with Crippen LogP contribution < -0.4 is 10.5 Å². The largest absolute Gasteiger partial charge is 0.491 e. The predicted molar refractivity (Wildman–Crippen MR) is 79.3 cm³/mol. The number of rotatable bonds is 5. The van der Waals surface area contributed by atoms with Crippen molar-refractivity contribution in [1.29, 1.82) is 0 Å². The standard InChI is InChI=1S/C16H21FN2O3/c17-12-3-4-14(21-7-5-18)13(9-12)16(20)19-6-8-22-15(10-19)11-1-2-11/h3-4,9,11,15H,1-2,5-8,10,18H2. The Kier molecular flexibility index (Phi) is 4.59. The number of ether oxygens (including phenoxy) is 2. The average Bonchev–Trinajstić information content (AvgIpc) is 3.38. The highest BCUT2D eigenvalue weighted by Gasteiger charge is 2.37. The third kappa shape index (κ3) is 3.39. The molecule has 0 spiro atoms. The molecule has 1 aliphatic carbocycles. The number of nitrogens with two attached hydrogens (primary N) is 1. The van der Waals surface area contributed by atoms with E-state index in [0.717, 1.165) is 12.8 Å². The van der Waals surface area contributed by atoms with Gasteiger partial charge in [-0.2, -0.15) is 0 Å². The zero-order valence-electron chi connectivity index (χ0n) is 12.5. The van der Waals surface area contributed by atoms with Crippen molar-refractivity contribution in [2.75, 3.05) is 32.8 Å². The molecule has 120 valence electrons. The molecule has 2 aliphatic rings. The zero-order valence-corrected chi connectivity index (χ0v) is 12.5. The molecule has 1 unspecified atom stereocenters. The number of hydrogen-bond donors (Lipinski definition) is 1. The molecule has 2 N–H and O–H groups in total. The Morgan fingerprint density at radius 1 is 1.45 bits per heavy atom. The van der Waals surface area contributed by atoms with Crippen LogP contribution in [0.3, 0.4) is 0 Å². The van der Waals surface area contributed by atoms with Crippen molar-refractivity contribution in [3.05, 3.63) is 29.6 Å². The van der Waals surface area contributed by atoms with Gasteiger partial charge in [-0.05, 0) is 37.0 Å². The molecule has 0 radical (unpaired) electrons. The first-order chi connectivity index (χ1) is 10.7. The van der Waals surface area contributed by atoms with Crippen LogP contribution in [0.1, 0.15) is 23.2 Å². The van der Waals surface area contributed by atoms with Gasteiger partial charge in [-0.25, -0.2) is 4.39 Å². The van der Waals surface area contributed by atoms with Crippen LogP contribution in [0.5, 0.6) is 5.75 Å². The van der Waals surface area contributed by atoms with Crippen molar-refractivity contribution in [2.45, 2.75) is 18.9 Å². The molecule has 0 aromatic heterocycles. The first kappa shape index (κ1) is 15.2. The van der Waals surface area contributed by atoms with Crippen molar-refractivity contribution in [3.63, 3.8) is 0 Å². The highest BCUT2D eigenvalue weighted by atomic mass is 19.1. The van der Waals surface area contributed by atoms with Crippen LogP contribution >= 0.6 is 0 Å². The fourth-order valence-electron chi connectivity index (χ4n) is 2.75. The van der Waals surface area contributed by atoms with E-state index < -0.39 is 5.82 Å². The van der Waals surface area contributed by atoms with Gasteiger partial charge in [-0.1, -0.05) is 0 Å². The summed E-state index contributed by atoms with van der Waals surface area (Å²) in [6.45, 7) is 2.25. The summed E-state index contributed by atoms with van der Waals surface area (Å²) in [5.41, 5.74) is 5.68. The van der Waals surface area contributed by atoms with E-state index in [1.54, 1.807) is 4.90 Å². The molecular weight excluding hydrogens is 287 g/mol. The lowest BCUT2D eigenvalue weighted by Gasteiger charge is -2.33. The topological polar surface area (TPSA) is 64.8 Å². The molecule has 1 atom stereocenters. The molecule has 5 nitrogen and oxygen atoms in total. The van der Waals surface area contributed by atoms with Crippen LogP contribution in [0.15, 0.2) is 18.2 Å². The highest BCUT2D eigenvalue weighted by Crippen LogP contribution is 2.36. The van der Waals surface area contributed by atoms with Gasteiger partial charge in [0.2, 0.25) is 0 Å². The third-order valence-corrected chi connectivity index (χ3v) is 4.08. The normalized spacial score (nSPS) is 21.7. The second kappa shape index (κ2) is 6.62. The van der Waals surface area contributed by atoms with Crippen molar-refractivity contribution in [3.8, 4) is 5.75 Å². The molecule has 2 fully saturated rings. The van der Waals surface area contributed by atoms with Crippen LogP contribution in [0.2, 0.25) is 0 Å². The van der Waals surface area contributed by atoms with E-state index in [9.17, 15) is 9.18 Å². The molecule has 1 aromatic rings. The predicted octanol–water partition coefficient (Wildman–Crippen LogP) is 1.41. The highest BCUT2D eigenvalue weighted by molar-refractivity contribution is 5.97. The Bertz CT molecular complexity index is 548. The Morgan fingerprint density at radius 3 is 3.00 bits per heavy atom. The first-order valence-corrected chi connectivity index (χ1v) is 7.72. The quantitative estimate of drug-likeness (QED) is 0.893. The molecular formula is C16H21FN2O3. The lowest BCUT2D eigenvalue weighted by atomic mass is 10.1. The average molecular weight is 308 g/mol. The van der Waals surface area contributed by atoms with E-state index in [-0.39, 0.29) is 17.6 Å². The van der Waals surface area contributed by atoms with E-state index in [0.29, 0.717) is 44.5 Å². The van der Waals surface area contributed by atoms with Gasteiger partial charge in [-0.15, -0.1) is 0 Å². The number of carbonyl (C=O) groups excluding carboxylic acids is 1. The Morgan fingerprint density at radius 2 is 2.27 bits per heavy atom. The van der Waals surface area contributed by atoms with E-state index in [4.69, 9.17) is 15.2 Å². The number of nitrogens with zero attached hydrogens (tertiary/aromatic N) is 1. The summed E-state index contributed by atoms with van der Waals surface area (Å²) in [7, 11) is 0. The van der Waals surface area contributed by atoms with Crippen LogP contribution in [-0.2, 0) is 4.74 Å². The number of morpholine rings is 1. The van der Waals surface area contributed by atoms with Crippen molar-refractivity contribution in [1.82, 2.24) is 4.90 Å². The van der Waals surface area contributed by atoms with Crippen LogP contribution in [0.25, 0.3) is 0 Å². The lowest BCUT2D eigenvalue weighted by Crippen LogP contribution is -2.46. The summed E-state index contributed by atoms with van der Waals surface area (Å²) < 4.78 is 24.7. The van der Waals surface area contributed by atoms with Gasteiger partial charge < -0.3 is 20.1 Å². The van der Waals surface area contributed by atoms with E-state index in [2.05, 4.69) is 0 Å². The molecule has 1 heterocycles. The summed E-state index contributed by atoms with van der Waals surface area (Å²) in [6, 6.07) is 4.00. The van der Waals surface area contributed by atoms with Gasteiger partial charge in [0.25, 0.3) is 5.91 Å². The summed E-state index contributed by atoms with van der Waals surface area (Å²) >= 11 is 0. The Hall–Kier alpha value is -1.66. The molecule has 6 heteroatoms. The molecule has 1 aromatic carbocycles. The molecule has 1 amide bonds. The fraction of sp³-hybridized carbons (Fsp3) is 0.562. The molecule has 1 saturated carbocycles. The van der Waals surface area contributed by atoms with Crippen molar-refractivity contribution < 1.29 is 18.7 Å². The number of halogens is 1. The van der Waals surface area contributed by atoms with E-state index in [1.807, 2.05) is 0 Å². The van der Waals surface area contributed by atoms with Gasteiger partial charge in [-0.3, -0.25) is 4.79 Å². The summed E-state index contributed by atoms with van der Waals surface area (Å²) in [6.07, 6.45) is 2.44. The molecule has 3 rings (SSSR count). The SMILES string of the molecule is NCCOc1ccc(F)cc1C(=O)N1CCOC(C2CC2)C1. The lowest BCUT2D eigenvalue weighted by molar-refractivity contribution is -0.0314. The Balaban J connectivity index is 1.76. The van der Waals surface area contributed by atoms with E-state index in [1.165, 1.54) is 18.2 Å². The number of carbonyl (C=O) groups is 1. The fourth-order valence-corrected chi connectivity index (χ4v) is 2.75. The van der Waals surface area contributed by atoms with Crippen molar-refractivity contribution >= 4 is 5.91 Å². The second-order valence-corrected chi connectivity index (χ2v) is 5.78. The smallest absolute Gasteiger partial charge is 0.257 e. The molecule has 0 bridgehead atoms. The van der Waals surface area contributed by atoms with Gasteiger partial charge >= 0.3 is 0 Å². The van der Waals surface area contributed by atoms with Gasteiger partial charge in [0, 0.05) is 19.6 Å². The van der Waals surface area contributed by atoms with Crippen LogP contribution in [-0.4, -0.2) is 49.8 Å². The zero-order chi connectivity index (χ0) is 15.5. The maximum Gasteiger partial charge on any atom is 0.257 e. The minimum atomic E-state index is -0.449. The summed E-state index contributed by atoms with van der Waals surface area (Å²) in [5, 5.41) is 0. The van der Waals surface area contributed by atoms with Gasteiger partial charge in [0.05, 0.1) is 18.3 Å². The third-order valence-electron chi connectivity index (χ3n) is 4.08. The molecule has 1 saturated heterocycles. The Labute approximate surface area is 129 Å². The summed E-state index contributed by atoms with van der Waals surface area (Å²) in [5.74, 6) is 0.290. The second-order valence-electron chi connectivity index (χ2n) is 5.78. The minimum Gasteiger partial charge on any atom is -0.491 e. The van der Waals surface area contributed by atoms with Gasteiger partial charge in [0.1, 0.15) is 18.2 Å². The number of hydrogen-bond acceptors (Lipinski definition) is 4. The van der Waals surface area contributed by atoms with Crippen LogP contribution in [0.4, 0.5) is 4.39 Å². The van der Waals surface area contributed by atoms with Crippen LogP contribution in [0, 0.1) is 11.7 Å². The number of benzene rings is 1.